The van der Waals surface area contributed by atoms with Crippen LogP contribution < -0.4 is 5.73 Å². The average molecular weight is 228 g/mol. The highest BCUT2D eigenvalue weighted by Gasteiger charge is 2.38. The Kier molecular flexibility index (Phi) is 4.19. The van der Waals surface area contributed by atoms with Crippen LogP contribution in [0.2, 0.25) is 0 Å². The molecule has 2 aliphatic rings. The van der Waals surface area contributed by atoms with E-state index in [1.54, 1.807) is 7.11 Å². The maximum Gasteiger partial charge on any atom is 0.0602 e. The second kappa shape index (κ2) is 5.45. The van der Waals surface area contributed by atoms with Crippen LogP contribution in [0.4, 0.5) is 0 Å². The van der Waals surface area contributed by atoms with E-state index in [0.29, 0.717) is 11.8 Å². The molecule has 3 N–H and O–H groups in total. The molecule has 1 saturated heterocycles. The first-order valence-electron chi connectivity index (χ1n) is 6.35. The lowest BCUT2D eigenvalue weighted by molar-refractivity contribution is 0.104. The van der Waals surface area contributed by atoms with Crippen molar-refractivity contribution in [2.24, 2.45) is 17.6 Å². The SMILES string of the molecule is COCC1CCN(C(CO)C(N)C2CC2)C1. The van der Waals surface area contributed by atoms with E-state index < -0.39 is 0 Å². The molecule has 94 valence electrons. The Morgan fingerprint density at radius 1 is 1.44 bits per heavy atom. The van der Waals surface area contributed by atoms with Crippen molar-refractivity contribution >= 4 is 0 Å². The molecular formula is C12H24N2O2. The Morgan fingerprint density at radius 2 is 2.19 bits per heavy atom. The molecule has 1 heterocycles. The van der Waals surface area contributed by atoms with E-state index >= 15 is 0 Å². The molecule has 4 nitrogen and oxygen atoms in total. The Labute approximate surface area is 97.7 Å². The third-order valence-electron chi connectivity index (χ3n) is 3.99. The van der Waals surface area contributed by atoms with E-state index in [1.165, 1.54) is 19.3 Å². The van der Waals surface area contributed by atoms with E-state index in [-0.39, 0.29) is 18.7 Å². The maximum absolute atomic E-state index is 9.50. The number of methoxy groups -OCH3 is 1. The van der Waals surface area contributed by atoms with Crippen LogP contribution in [0.5, 0.6) is 0 Å². The van der Waals surface area contributed by atoms with Crippen molar-refractivity contribution < 1.29 is 9.84 Å². The van der Waals surface area contributed by atoms with Crippen LogP contribution in [-0.4, -0.2) is 55.5 Å². The fourth-order valence-electron chi connectivity index (χ4n) is 2.81. The van der Waals surface area contributed by atoms with Crippen LogP contribution in [0.3, 0.4) is 0 Å². The molecule has 2 rings (SSSR count). The number of ether oxygens (including phenoxy) is 1. The van der Waals surface area contributed by atoms with Gasteiger partial charge in [-0.2, -0.15) is 0 Å². The summed E-state index contributed by atoms with van der Waals surface area (Å²) in [7, 11) is 1.75. The Morgan fingerprint density at radius 3 is 2.75 bits per heavy atom. The summed E-state index contributed by atoms with van der Waals surface area (Å²) in [5.74, 6) is 1.27. The zero-order chi connectivity index (χ0) is 11.5. The number of nitrogens with two attached hydrogens (primary N) is 1. The van der Waals surface area contributed by atoms with Crippen molar-refractivity contribution in [3.63, 3.8) is 0 Å². The molecule has 3 atom stereocenters. The zero-order valence-electron chi connectivity index (χ0n) is 10.1. The molecule has 0 radical (unpaired) electrons. The fourth-order valence-corrected chi connectivity index (χ4v) is 2.81. The molecule has 0 amide bonds. The molecule has 1 saturated carbocycles. The lowest BCUT2D eigenvalue weighted by Crippen LogP contribution is -2.50. The molecule has 0 bridgehead atoms. The van der Waals surface area contributed by atoms with Crippen LogP contribution in [-0.2, 0) is 4.74 Å². The van der Waals surface area contributed by atoms with Gasteiger partial charge in [-0.3, -0.25) is 4.90 Å². The standard InChI is InChI=1S/C12H24N2O2/c1-16-8-9-4-5-14(6-9)11(7-15)12(13)10-2-3-10/h9-12,15H,2-8,13H2,1H3. The van der Waals surface area contributed by atoms with Crippen molar-refractivity contribution in [3.05, 3.63) is 0 Å². The van der Waals surface area contributed by atoms with Gasteiger partial charge in [-0.15, -0.1) is 0 Å². The first-order valence-corrected chi connectivity index (χ1v) is 6.35. The van der Waals surface area contributed by atoms with Gasteiger partial charge >= 0.3 is 0 Å². The molecule has 0 aromatic carbocycles. The summed E-state index contributed by atoms with van der Waals surface area (Å²) in [6.45, 7) is 3.10. The number of hydrogen-bond acceptors (Lipinski definition) is 4. The normalized spacial score (nSPS) is 30.6. The van der Waals surface area contributed by atoms with Crippen LogP contribution >= 0.6 is 0 Å². The smallest absolute Gasteiger partial charge is 0.0602 e. The second-order valence-electron chi connectivity index (χ2n) is 5.27. The summed E-state index contributed by atoms with van der Waals surface area (Å²) < 4.78 is 5.19. The largest absolute Gasteiger partial charge is 0.395 e. The van der Waals surface area contributed by atoms with Crippen molar-refractivity contribution in [1.29, 1.82) is 0 Å². The minimum atomic E-state index is 0.159. The Balaban J connectivity index is 1.85. The van der Waals surface area contributed by atoms with Crippen LogP contribution in [0.1, 0.15) is 19.3 Å². The highest BCUT2D eigenvalue weighted by molar-refractivity contribution is 4.95. The average Bonchev–Trinajstić information content (AvgIpc) is 3.03. The van der Waals surface area contributed by atoms with Crippen molar-refractivity contribution in [3.8, 4) is 0 Å². The summed E-state index contributed by atoms with van der Waals surface area (Å²) in [6, 6.07) is 0.320. The molecule has 3 unspecified atom stereocenters. The van der Waals surface area contributed by atoms with E-state index in [9.17, 15) is 5.11 Å². The van der Waals surface area contributed by atoms with Gasteiger partial charge in [0.1, 0.15) is 0 Å². The third-order valence-corrected chi connectivity index (χ3v) is 3.99. The predicted molar refractivity (Wildman–Crippen MR) is 63.1 cm³/mol. The van der Waals surface area contributed by atoms with Crippen LogP contribution in [0, 0.1) is 11.8 Å². The molecular weight excluding hydrogens is 204 g/mol. The minimum absolute atomic E-state index is 0.159. The lowest BCUT2D eigenvalue weighted by Gasteiger charge is -2.31. The molecule has 1 aliphatic heterocycles. The Hall–Kier alpha value is -0.160. The van der Waals surface area contributed by atoms with E-state index in [1.807, 2.05) is 0 Å². The number of nitrogens with zero attached hydrogens (tertiary/aromatic N) is 1. The summed E-state index contributed by atoms with van der Waals surface area (Å²) in [5, 5.41) is 9.50. The molecule has 16 heavy (non-hydrogen) atoms. The van der Waals surface area contributed by atoms with Crippen LogP contribution in [0.15, 0.2) is 0 Å². The maximum atomic E-state index is 9.50. The molecule has 0 aromatic heterocycles. The number of likely N-dealkylation sites (tertiary alicyclic amines) is 1. The molecule has 0 spiro atoms. The molecule has 0 aromatic rings. The topological polar surface area (TPSA) is 58.7 Å². The van der Waals surface area contributed by atoms with Crippen molar-refractivity contribution in [2.75, 3.05) is 33.4 Å². The van der Waals surface area contributed by atoms with Gasteiger partial charge in [0.15, 0.2) is 0 Å². The van der Waals surface area contributed by atoms with Gasteiger partial charge in [0.05, 0.1) is 13.2 Å². The summed E-state index contributed by atoms with van der Waals surface area (Å²) in [5.41, 5.74) is 6.20. The summed E-state index contributed by atoms with van der Waals surface area (Å²) >= 11 is 0. The monoisotopic (exact) mass is 228 g/mol. The summed E-state index contributed by atoms with van der Waals surface area (Å²) in [4.78, 5) is 2.35. The molecule has 2 fully saturated rings. The van der Waals surface area contributed by atoms with Gasteiger partial charge < -0.3 is 15.6 Å². The third kappa shape index (κ3) is 2.74. The quantitative estimate of drug-likeness (QED) is 0.674. The van der Waals surface area contributed by atoms with E-state index in [4.69, 9.17) is 10.5 Å². The predicted octanol–water partition coefficient (Wildman–Crippen LogP) is 0.0529. The van der Waals surface area contributed by atoms with Gasteiger partial charge in [0, 0.05) is 25.7 Å². The van der Waals surface area contributed by atoms with Gasteiger partial charge in [-0.25, -0.2) is 0 Å². The first kappa shape index (κ1) is 12.3. The zero-order valence-corrected chi connectivity index (χ0v) is 10.1. The lowest BCUT2D eigenvalue weighted by atomic mass is 10.0. The van der Waals surface area contributed by atoms with Crippen LogP contribution in [0.25, 0.3) is 0 Å². The number of aliphatic hydroxyl groups excluding tert-OH is 1. The molecule has 4 heteroatoms. The second-order valence-corrected chi connectivity index (χ2v) is 5.27. The number of aliphatic hydroxyl groups is 1. The number of rotatable bonds is 6. The van der Waals surface area contributed by atoms with Gasteiger partial charge in [0.25, 0.3) is 0 Å². The van der Waals surface area contributed by atoms with Crippen molar-refractivity contribution in [1.82, 2.24) is 4.90 Å². The Bertz CT molecular complexity index is 221. The summed E-state index contributed by atoms with van der Waals surface area (Å²) in [6.07, 6.45) is 3.65. The van der Waals surface area contributed by atoms with Gasteiger partial charge in [-0.1, -0.05) is 0 Å². The van der Waals surface area contributed by atoms with E-state index in [2.05, 4.69) is 4.90 Å². The van der Waals surface area contributed by atoms with E-state index in [0.717, 1.165) is 19.7 Å². The van der Waals surface area contributed by atoms with Crippen molar-refractivity contribution in [2.45, 2.75) is 31.3 Å². The first-order chi connectivity index (χ1) is 7.76. The number of hydrogen-bond donors (Lipinski definition) is 2. The highest BCUT2D eigenvalue weighted by Crippen LogP contribution is 2.34. The highest BCUT2D eigenvalue weighted by atomic mass is 16.5. The minimum Gasteiger partial charge on any atom is -0.395 e. The molecule has 1 aliphatic carbocycles. The fraction of sp³-hybridized carbons (Fsp3) is 1.00. The van der Waals surface area contributed by atoms with Gasteiger partial charge in [-0.05, 0) is 37.6 Å². The van der Waals surface area contributed by atoms with Gasteiger partial charge in [0.2, 0.25) is 0 Å².